The lowest BCUT2D eigenvalue weighted by Gasteiger charge is -2.07. The second kappa shape index (κ2) is 6.02. The molecule has 0 aliphatic carbocycles. The molecular weight excluding hydrogens is 228 g/mol. The molecule has 0 unspecified atom stereocenters. The zero-order chi connectivity index (χ0) is 12.0. The van der Waals surface area contributed by atoms with E-state index in [4.69, 9.17) is 4.74 Å². The van der Waals surface area contributed by atoms with Crippen molar-refractivity contribution in [2.45, 2.75) is 0 Å². The van der Waals surface area contributed by atoms with E-state index in [0.717, 1.165) is 11.9 Å². The van der Waals surface area contributed by atoms with E-state index in [1.807, 2.05) is 12.1 Å². The summed E-state index contributed by atoms with van der Waals surface area (Å²) in [6.45, 7) is 0. The van der Waals surface area contributed by atoms with E-state index in [2.05, 4.69) is 5.32 Å². The average molecular weight is 240 g/mol. The summed E-state index contributed by atoms with van der Waals surface area (Å²) >= 11 is 1.27. The van der Waals surface area contributed by atoms with E-state index in [9.17, 15) is 10.1 Å². The Morgan fingerprint density at radius 2 is 2.38 bits per heavy atom. The SMILES string of the molecule is COc1cccc(NC(=C[N+](=O)[O-])SC)c1. The van der Waals surface area contributed by atoms with Crippen molar-refractivity contribution < 1.29 is 9.66 Å². The quantitative estimate of drug-likeness (QED) is 0.633. The number of hydrogen-bond acceptors (Lipinski definition) is 5. The summed E-state index contributed by atoms with van der Waals surface area (Å²) in [4.78, 5) is 9.85. The van der Waals surface area contributed by atoms with Crippen LogP contribution in [0, 0.1) is 10.1 Å². The fourth-order valence-electron chi connectivity index (χ4n) is 1.07. The number of rotatable bonds is 5. The third kappa shape index (κ3) is 3.82. The van der Waals surface area contributed by atoms with Gasteiger partial charge in [-0.25, -0.2) is 0 Å². The van der Waals surface area contributed by atoms with Gasteiger partial charge in [0, 0.05) is 11.8 Å². The van der Waals surface area contributed by atoms with Crippen LogP contribution in [0.3, 0.4) is 0 Å². The summed E-state index contributed by atoms with van der Waals surface area (Å²) in [5.41, 5.74) is 0.752. The van der Waals surface area contributed by atoms with E-state index < -0.39 is 4.92 Å². The molecule has 0 aliphatic rings. The van der Waals surface area contributed by atoms with Gasteiger partial charge in [-0.15, -0.1) is 11.8 Å². The van der Waals surface area contributed by atoms with Crippen molar-refractivity contribution in [1.29, 1.82) is 0 Å². The minimum absolute atomic E-state index is 0.471. The third-order valence-corrected chi connectivity index (χ3v) is 2.43. The molecule has 0 radical (unpaired) electrons. The highest BCUT2D eigenvalue weighted by atomic mass is 32.2. The Morgan fingerprint density at radius 1 is 1.62 bits per heavy atom. The van der Waals surface area contributed by atoms with Crippen molar-refractivity contribution in [2.24, 2.45) is 0 Å². The smallest absolute Gasteiger partial charge is 0.264 e. The Labute approximate surface area is 97.6 Å². The first-order valence-corrected chi connectivity index (χ1v) is 5.68. The van der Waals surface area contributed by atoms with Gasteiger partial charge in [-0.05, 0) is 18.4 Å². The molecule has 0 bridgehead atoms. The number of anilines is 1. The van der Waals surface area contributed by atoms with Crippen LogP contribution in [0.2, 0.25) is 0 Å². The minimum atomic E-state index is -0.487. The molecule has 6 heteroatoms. The molecule has 1 aromatic carbocycles. The second-order valence-corrected chi connectivity index (χ2v) is 3.69. The van der Waals surface area contributed by atoms with Gasteiger partial charge in [0.1, 0.15) is 10.8 Å². The minimum Gasteiger partial charge on any atom is -0.497 e. The molecule has 0 atom stereocenters. The van der Waals surface area contributed by atoms with E-state index >= 15 is 0 Å². The molecule has 16 heavy (non-hydrogen) atoms. The van der Waals surface area contributed by atoms with Gasteiger partial charge in [0.15, 0.2) is 0 Å². The summed E-state index contributed by atoms with van der Waals surface area (Å²) in [5.74, 6) is 0.701. The van der Waals surface area contributed by atoms with Gasteiger partial charge in [-0.3, -0.25) is 10.1 Å². The molecule has 0 heterocycles. The highest BCUT2D eigenvalue weighted by Gasteiger charge is 2.02. The first kappa shape index (κ1) is 12.4. The maximum absolute atomic E-state index is 10.3. The molecule has 5 nitrogen and oxygen atoms in total. The van der Waals surface area contributed by atoms with Crippen LogP contribution in [0.4, 0.5) is 5.69 Å². The highest BCUT2D eigenvalue weighted by Crippen LogP contribution is 2.21. The van der Waals surface area contributed by atoms with Gasteiger partial charge >= 0.3 is 0 Å². The molecule has 0 aromatic heterocycles. The van der Waals surface area contributed by atoms with Crippen LogP contribution in [0.25, 0.3) is 0 Å². The summed E-state index contributed by atoms with van der Waals surface area (Å²) in [7, 11) is 1.57. The lowest BCUT2D eigenvalue weighted by molar-refractivity contribution is -0.402. The first-order chi connectivity index (χ1) is 7.65. The Balaban J connectivity index is 2.81. The van der Waals surface area contributed by atoms with E-state index in [1.54, 1.807) is 25.5 Å². The molecule has 0 amide bonds. The lowest BCUT2D eigenvalue weighted by atomic mass is 10.3. The average Bonchev–Trinajstić information content (AvgIpc) is 2.28. The largest absolute Gasteiger partial charge is 0.497 e. The Kier molecular flexibility index (Phi) is 4.65. The molecule has 1 N–H and O–H groups in total. The number of ether oxygens (including phenoxy) is 1. The number of nitro groups is 1. The van der Waals surface area contributed by atoms with Crippen LogP contribution in [0.15, 0.2) is 35.5 Å². The third-order valence-electron chi connectivity index (χ3n) is 1.78. The lowest BCUT2D eigenvalue weighted by Crippen LogP contribution is -1.99. The molecule has 0 spiro atoms. The van der Waals surface area contributed by atoms with E-state index in [1.165, 1.54) is 11.8 Å². The first-order valence-electron chi connectivity index (χ1n) is 4.46. The van der Waals surface area contributed by atoms with Gasteiger partial charge in [-0.2, -0.15) is 0 Å². The van der Waals surface area contributed by atoms with Crippen LogP contribution in [-0.4, -0.2) is 18.3 Å². The van der Waals surface area contributed by atoms with E-state index in [-0.39, 0.29) is 0 Å². The van der Waals surface area contributed by atoms with Gasteiger partial charge < -0.3 is 10.1 Å². The number of methoxy groups -OCH3 is 1. The van der Waals surface area contributed by atoms with Gasteiger partial charge in [0.25, 0.3) is 6.20 Å². The van der Waals surface area contributed by atoms with Crippen molar-refractivity contribution in [3.8, 4) is 5.75 Å². The summed E-state index contributed by atoms with van der Waals surface area (Å²) in [6.07, 6.45) is 2.70. The Bertz CT molecular complexity index is 407. The van der Waals surface area contributed by atoms with Crippen LogP contribution >= 0.6 is 11.8 Å². The summed E-state index contributed by atoms with van der Waals surface area (Å²) < 4.78 is 5.05. The van der Waals surface area contributed by atoms with Crippen molar-refractivity contribution in [3.63, 3.8) is 0 Å². The molecule has 1 aromatic rings. The standard InChI is InChI=1S/C10H12N2O3S/c1-15-9-5-3-4-8(6-9)11-10(16-2)7-12(13)14/h3-7,11H,1-2H3. The van der Waals surface area contributed by atoms with Crippen LogP contribution in [0.5, 0.6) is 5.75 Å². The molecule has 86 valence electrons. The number of nitrogens with zero attached hydrogens (tertiary/aromatic N) is 1. The number of thioether (sulfide) groups is 1. The molecule has 0 saturated carbocycles. The molecule has 0 fully saturated rings. The summed E-state index contributed by atoms with van der Waals surface area (Å²) in [6, 6.07) is 7.20. The van der Waals surface area contributed by atoms with Gasteiger partial charge in [0.2, 0.25) is 0 Å². The predicted molar refractivity (Wildman–Crippen MR) is 65.2 cm³/mol. The molecule has 0 saturated heterocycles. The zero-order valence-corrected chi connectivity index (χ0v) is 9.78. The Morgan fingerprint density at radius 3 is 2.94 bits per heavy atom. The number of benzene rings is 1. The molecule has 1 rings (SSSR count). The summed E-state index contributed by atoms with van der Waals surface area (Å²) in [5, 5.41) is 13.7. The van der Waals surface area contributed by atoms with Crippen LogP contribution in [0.1, 0.15) is 0 Å². The molecular formula is C10H12N2O3S. The van der Waals surface area contributed by atoms with Gasteiger partial charge in [0.05, 0.1) is 12.0 Å². The van der Waals surface area contributed by atoms with Crippen molar-refractivity contribution in [3.05, 3.63) is 45.6 Å². The number of nitrogens with one attached hydrogen (secondary N) is 1. The molecule has 0 aliphatic heterocycles. The van der Waals surface area contributed by atoms with Crippen molar-refractivity contribution in [1.82, 2.24) is 0 Å². The van der Waals surface area contributed by atoms with Crippen molar-refractivity contribution >= 4 is 17.4 Å². The predicted octanol–water partition coefficient (Wildman–Crippen LogP) is 2.55. The number of hydrogen-bond donors (Lipinski definition) is 1. The van der Waals surface area contributed by atoms with Crippen LogP contribution < -0.4 is 10.1 Å². The fraction of sp³-hybridized carbons (Fsp3) is 0.200. The maximum atomic E-state index is 10.3. The van der Waals surface area contributed by atoms with Crippen LogP contribution in [-0.2, 0) is 0 Å². The van der Waals surface area contributed by atoms with E-state index in [0.29, 0.717) is 10.8 Å². The maximum Gasteiger partial charge on any atom is 0.264 e. The highest BCUT2D eigenvalue weighted by molar-refractivity contribution is 8.02. The van der Waals surface area contributed by atoms with Crippen molar-refractivity contribution in [2.75, 3.05) is 18.7 Å². The van der Waals surface area contributed by atoms with Gasteiger partial charge in [-0.1, -0.05) is 6.07 Å². The normalized spacial score (nSPS) is 11.0. The zero-order valence-electron chi connectivity index (χ0n) is 8.97. The monoisotopic (exact) mass is 240 g/mol. The topological polar surface area (TPSA) is 64.4 Å². The fourth-order valence-corrected chi connectivity index (χ4v) is 1.49. The Hall–Kier alpha value is -1.69. The second-order valence-electron chi connectivity index (χ2n) is 2.84.